The molecule has 0 radical (unpaired) electrons. The highest BCUT2D eigenvalue weighted by molar-refractivity contribution is 5.96. The molecule has 2 aromatic rings. The predicted molar refractivity (Wildman–Crippen MR) is 97.1 cm³/mol. The van der Waals surface area contributed by atoms with Crippen LogP contribution < -0.4 is 20.7 Å². The molecule has 3 amide bonds. The first-order valence-corrected chi connectivity index (χ1v) is 8.11. The Morgan fingerprint density at radius 3 is 2.72 bits per heavy atom. The molecule has 1 heterocycles. The summed E-state index contributed by atoms with van der Waals surface area (Å²) in [5.41, 5.74) is 2.19. The third-order valence-electron chi connectivity index (χ3n) is 4.12. The van der Waals surface area contributed by atoms with Crippen molar-refractivity contribution < 1.29 is 14.3 Å². The second-order valence-electron chi connectivity index (χ2n) is 6.61. The Labute approximate surface area is 146 Å². The zero-order valence-electron chi connectivity index (χ0n) is 14.3. The molecule has 0 fully saturated rings. The lowest BCUT2D eigenvalue weighted by Crippen LogP contribution is -2.39. The standard InChI is InChI=1S/C19H21N3O3/c1-19(2,13-6-4-3-5-7-13)12-20-18(24)21-14-8-9-15-16(10-14)25-11-17(23)22-15/h3-10H,11-12H2,1-2H3,(H,22,23)(H2,20,21,24). The molecule has 0 aliphatic carbocycles. The van der Waals surface area contributed by atoms with E-state index >= 15 is 0 Å². The molecule has 0 atom stereocenters. The normalized spacial score (nSPS) is 13.3. The SMILES string of the molecule is CC(C)(CNC(=O)Nc1ccc2c(c1)OCC(=O)N2)c1ccccc1. The van der Waals surface area contributed by atoms with Crippen molar-refractivity contribution in [2.75, 3.05) is 23.8 Å². The van der Waals surface area contributed by atoms with Crippen molar-refractivity contribution in [1.82, 2.24) is 5.32 Å². The van der Waals surface area contributed by atoms with E-state index in [4.69, 9.17) is 4.74 Å². The number of benzene rings is 2. The van der Waals surface area contributed by atoms with Gasteiger partial charge in [0.15, 0.2) is 6.61 Å². The number of anilines is 2. The van der Waals surface area contributed by atoms with Crippen molar-refractivity contribution in [3.8, 4) is 5.75 Å². The van der Waals surface area contributed by atoms with E-state index in [2.05, 4.69) is 41.9 Å². The van der Waals surface area contributed by atoms with E-state index in [1.54, 1.807) is 18.2 Å². The van der Waals surface area contributed by atoms with Crippen LogP contribution >= 0.6 is 0 Å². The van der Waals surface area contributed by atoms with Gasteiger partial charge in [-0.3, -0.25) is 4.79 Å². The molecule has 0 saturated heterocycles. The van der Waals surface area contributed by atoms with Crippen LogP contribution in [0.5, 0.6) is 5.75 Å². The number of fused-ring (bicyclic) bond motifs is 1. The van der Waals surface area contributed by atoms with Gasteiger partial charge >= 0.3 is 6.03 Å². The Balaban J connectivity index is 1.59. The number of amides is 3. The minimum Gasteiger partial charge on any atom is -0.482 e. The summed E-state index contributed by atoms with van der Waals surface area (Å²) >= 11 is 0. The number of carbonyl (C=O) groups excluding carboxylic acids is 2. The molecule has 130 valence electrons. The van der Waals surface area contributed by atoms with E-state index in [1.807, 2.05) is 18.2 Å². The van der Waals surface area contributed by atoms with Crippen LogP contribution in [0.2, 0.25) is 0 Å². The minimum atomic E-state index is -0.288. The Bertz CT molecular complexity index is 788. The Morgan fingerprint density at radius 1 is 1.20 bits per heavy atom. The smallest absolute Gasteiger partial charge is 0.319 e. The second kappa shape index (κ2) is 6.84. The number of urea groups is 1. The molecule has 0 saturated carbocycles. The van der Waals surface area contributed by atoms with Crippen molar-refractivity contribution in [3.63, 3.8) is 0 Å². The lowest BCUT2D eigenvalue weighted by molar-refractivity contribution is -0.118. The van der Waals surface area contributed by atoms with Crippen molar-refractivity contribution in [3.05, 3.63) is 54.1 Å². The van der Waals surface area contributed by atoms with Crippen LogP contribution in [0.25, 0.3) is 0 Å². The van der Waals surface area contributed by atoms with Crippen LogP contribution in [0.4, 0.5) is 16.2 Å². The molecule has 0 aromatic heterocycles. The predicted octanol–water partition coefficient (Wildman–Crippen LogP) is 3.12. The molecule has 0 unspecified atom stereocenters. The molecule has 6 heteroatoms. The van der Waals surface area contributed by atoms with Gasteiger partial charge in [0, 0.05) is 23.7 Å². The highest BCUT2D eigenvalue weighted by atomic mass is 16.5. The van der Waals surface area contributed by atoms with E-state index in [0.29, 0.717) is 23.7 Å². The third kappa shape index (κ3) is 4.09. The molecule has 6 nitrogen and oxygen atoms in total. The summed E-state index contributed by atoms with van der Waals surface area (Å²) in [5, 5.41) is 8.39. The van der Waals surface area contributed by atoms with E-state index in [-0.39, 0.29) is 24.0 Å². The van der Waals surface area contributed by atoms with E-state index in [1.165, 1.54) is 0 Å². The van der Waals surface area contributed by atoms with Crippen molar-refractivity contribution in [2.24, 2.45) is 0 Å². The van der Waals surface area contributed by atoms with Gasteiger partial charge in [-0.25, -0.2) is 4.79 Å². The number of carbonyl (C=O) groups is 2. The Morgan fingerprint density at radius 2 is 1.96 bits per heavy atom. The summed E-state index contributed by atoms with van der Waals surface area (Å²) in [6.07, 6.45) is 0. The molecule has 3 N–H and O–H groups in total. The fraction of sp³-hybridized carbons (Fsp3) is 0.263. The topological polar surface area (TPSA) is 79.5 Å². The van der Waals surface area contributed by atoms with Crippen LogP contribution in [0, 0.1) is 0 Å². The molecular weight excluding hydrogens is 318 g/mol. The van der Waals surface area contributed by atoms with Gasteiger partial charge in [-0.05, 0) is 17.7 Å². The Kier molecular flexibility index (Phi) is 4.61. The molecule has 1 aliphatic rings. The molecule has 1 aliphatic heterocycles. The molecular formula is C19H21N3O3. The van der Waals surface area contributed by atoms with Gasteiger partial charge in [-0.1, -0.05) is 44.2 Å². The van der Waals surface area contributed by atoms with Gasteiger partial charge in [-0.15, -0.1) is 0 Å². The van der Waals surface area contributed by atoms with E-state index < -0.39 is 0 Å². The van der Waals surface area contributed by atoms with Crippen molar-refractivity contribution in [1.29, 1.82) is 0 Å². The van der Waals surface area contributed by atoms with Crippen molar-refractivity contribution >= 4 is 23.3 Å². The van der Waals surface area contributed by atoms with Gasteiger partial charge in [-0.2, -0.15) is 0 Å². The third-order valence-corrected chi connectivity index (χ3v) is 4.12. The number of hydrogen-bond acceptors (Lipinski definition) is 3. The van der Waals surface area contributed by atoms with Gasteiger partial charge in [0.05, 0.1) is 5.69 Å². The highest BCUT2D eigenvalue weighted by Crippen LogP contribution is 2.30. The molecule has 0 bridgehead atoms. The first kappa shape index (κ1) is 16.8. The van der Waals surface area contributed by atoms with Crippen LogP contribution in [0.15, 0.2) is 48.5 Å². The average Bonchev–Trinajstić information content (AvgIpc) is 2.61. The summed E-state index contributed by atoms with van der Waals surface area (Å²) < 4.78 is 5.35. The average molecular weight is 339 g/mol. The lowest BCUT2D eigenvalue weighted by Gasteiger charge is -2.25. The van der Waals surface area contributed by atoms with Gasteiger partial charge < -0.3 is 20.7 Å². The molecule has 0 spiro atoms. The van der Waals surface area contributed by atoms with Crippen LogP contribution in [-0.2, 0) is 10.2 Å². The first-order valence-electron chi connectivity index (χ1n) is 8.11. The quantitative estimate of drug-likeness (QED) is 0.801. The maximum atomic E-state index is 12.2. The van der Waals surface area contributed by atoms with E-state index in [0.717, 1.165) is 5.56 Å². The fourth-order valence-electron chi connectivity index (χ4n) is 2.62. The van der Waals surface area contributed by atoms with Crippen molar-refractivity contribution in [2.45, 2.75) is 19.3 Å². The number of ether oxygens (including phenoxy) is 1. The fourth-order valence-corrected chi connectivity index (χ4v) is 2.62. The summed E-state index contributed by atoms with van der Waals surface area (Å²) in [4.78, 5) is 23.4. The van der Waals surface area contributed by atoms with Crippen LogP contribution in [-0.4, -0.2) is 25.1 Å². The summed E-state index contributed by atoms with van der Waals surface area (Å²) in [7, 11) is 0. The second-order valence-corrected chi connectivity index (χ2v) is 6.61. The monoisotopic (exact) mass is 339 g/mol. The first-order chi connectivity index (χ1) is 11.9. The molecule has 3 rings (SSSR count). The molecule has 2 aromatic carbocycles. The highest BCUT2D eigenvalue weighted by Gasteiger charge is 2.21. The van der Waals surface area contributed by atoms with E-state index in [9.17, 15) is 9.59 Å². The van der Waals surface area contributed by atoms with Gasteiger partial charge in [0.2, 0.25) is 0 Å². The van der Waals surface area contributed by atoms with Crippen LogP contribution in [0.1, 0.15) is 19.4 Å². The largest absolute Gasteiger partial charge is 0.482 e. The summed E-state index contributed by atoms with van der Waals surface area (Å²) in [6.45, 7) is 4.64. The summed E-state index contributed by atoms with van der Waals surface area (Å²) in [5.74, 6) is 0.358. The number of hydrogen-bond donors (Lipinski definition) is 3. The zero-order valence-corrected chi connectivity index (χ0v) is 14.3. The van der Waals surface area contributed by atoms with Gasteiger partial charge in [0.1, 0.15) is 5.75 Å². The minimum absolute atomic E-state index is 0.0199. The summed E-state index contributed by atoms with van der Waals surface area (Å²) in [6, 6.07) is 14.9. The molecule has 25 heavy (non-hydrogen) atoms. The number of nitrogens with one attached hydrogen (secondary N) is 3. The Hall–Kier alpha value is -3.02. The zero-order chi connectivity index (χ0) is 17.9. The number of rotatable bonds is 4. The van der Waals surface area contributed by atoms with Gasteiger partial charge in [0.25, 0.3) is 5.91 Å². The maximum Gasteiger partial charge on any atom is 0.319 e. The van der Waals surface area contributed by atoms with Crippen LogP contribution in [0.3, 0.4) is 0 Å². The lowest BCUT2D eigenvalue weighted by atomic mass is 9.85. The maximum absolute atomic E-state index is 12.2.